The lowest BCUT2D eigenvalue weighted by Crippen LogP contribution is -2.57. The van der Waals surface area contributed by atoms with Crippen molar-refractivity contribution in [3.8, 4) is 0 Å². The molecular weight excluding hydrogens is 543 g/mol. The molecule has 3 amide bonds. The van der Waals surface area contributed by atoms with E-state index in [0.717, 1.165) is 32.7 Å². The van der Waals surface area contributed by atoms with Crippen LogP contribution in [0.2, 0.25) is 0 Å². The van der Waals surface area contributed by atoms with Gasteiger partial charge >= 0.3 is 0 Å². The van der Waals surface area contributed by atoms with Crippen LogP contribution in [0.25, 0.3) is 0 Å². The van der Waals surface area contributed by atoms with Gasteiger partial charge in [0, 0.05) is 12.1 Å². The lowest BCUT2D eigenvalue weighted by Gasteiger charge is -2.54. The van der Waals surface area contributed by atoms with Crippen LogP contribution < -0.4 is 5.32 Å². The number of likely N-dealkylation sites (tertiary alicyclic amines) is 1. The third-order valence-electron chi connectivity index (χ3n) is 8.55. The molecule has 4 aromatic carbocycles. The largest absolute Gasteiger partial charge is 0.324 e. The van der Waals surface area contributed by atoms with E-state index in [-0.39, 0.29) is 6.42 Å². The molecule has 4 aromatic rings. The van der Waals surface area contributed by atoms with E-state index >= 15 is 0 Å². The third kappa shape index (κ3) is 3.31. The second-order valence-corrected chi connectivity index (χ2v) is 11.8. The Kier molecular flexibility index (Phi) is 5.67. The number of hydrogen-bond acceptors (Lipinski definition) is 3. The summed E-state index contributed by atoms with van der Waals surface area (Å²) >= 11 is 15.1. The van der Waals surface area contributed by atoms with Crippen molar-refractivity contribution in [2.75, 3.05) is 5.32 Å². The van der Waals surface area contributed by atoms with Crippen LogP contribution in [0.15, 0.2) is 109 Å². The fourth-order valence-electron chi connectivity index (χ4n) is 6.88. The van der Waals surface area contributed by atoms with Gasteiger partial charge in [0.25, 0.3) is 0 Å². The van der Waals surface area contributed by atoms with E-state index in [1.807, 2.05) is 97.1 Å². The van der Waals surface area contributed by atoms with Crippen LogP contribution in [0.5, 0.6) is 0 Å². The van der Waals surface area contributed by atoms with E-state index in [4.69, 9.17) is 23.2 Å². The summed E-state index contributed by atoms with van der Waals surface area (Å²) in [4.78, 5) is 41.3. The molecule has 7 heteroatoms. The van der Waals surface area contributed by atoms with E-state index in [1.165, 1.54) is 0 Å². The maximum Gasteiger partial charge on any atom is 0.248 e. The van der Waals surface area contributed by atoms with E-state index < -0.39 is 45.3 Å². The molecule has 8 rings (SSSR count). The second kappa shape index (κ2) is 9.05. The minimum atomic E-state index is -1.30. The Labute approximate surface area is 241 Å². The summed E-state index contributed by atoms with van der Waals surface area (Å²) in [5, 5.41) is 2.90. The zero-order valence-electron chi connectivity index (χ0n) is 21.3. The lowest BCUT2D eigenvalue weighted by atomic mass is 9.54. The van der Waals surface area contributed by atoms with Crippen molar-refractivity contribution in [3.05, 3.63) is 137 Å². The Morgan fingerprint density at radius 1 is 0.675 bits per heavy atom. The fourth-order valence-corrected chi connectivity index (χ4v) is 7.98. The molecule has 5 nitrogen and oxygen atoms in total. The number of halogens is 2. The molecule has 0 unspecified atom stereocenters. The molecule has 1 saturated heterocycles. The Bertz CT molecular complexity index is 1550. The van der Waals surface area contributed by atoms with Crippen LogP contribution in [0.3, 0.4) is 0 Å². The average molecular weight is 567 g/mol. The average Bonchev–Trinajstić information content (AvgIpc) is 3.26. The van der Waals surface area contributed by atoms with Crippen molar-refractivity contribution >= 4 is 46.6 Å². The predicted octanol–water partition coefficient (Wildman–Crippen LogP) is 5.83. The van der Waals surface area contributed by atoms with E-state index in [0.29, 0.717) is 5.69 Å². The van der Waals surface area contributed by atoms with Crippen molar-refractivity contribution < 1.29 is 14.4 Å². The number of nitrogens with zero attached hydrogens (tertiary/aromatic N) is 1. The van der Waals surface area contributed by atoms with E-state index in [1.54, 1.807) is 12.1 Å². The summed E-state index contributed by atoms with van der Waals surface area (Å²) in [5.41, 5.74) is 4.29. The van der Waals surface area contributed by atoms with Gasteiger partial charge in [-0.1, -0.05) is 97.1 Å². The summed E-state index contributed by atoms with van der Waals surface area (Å²) < 4.78 is 0. The highest BCUT2D eigenvalue weighted by Gasteiger charge is 2.73. The van der Waals surface area contributed by atoms with Crippen molar-refractivity contribution in [2.24, 2.45) is 11.8 Å². The maximum absolute atomic E-state index is 14.5. The number of imide groups is 1. The number of amides is 3. The molecule has 1 fully saturated rings. The lowest BCUT2D eigenvalue weighted by molar-refractivity contribution is -0.146. The molecule has 40 heavy (non-hydrogen) atoms. The number of para-hydroxylation sites is 1. The van der Waals surface area contributed by atoms with E-state index in [2.05, 4.69) is 5.32 Å². The first-order valence-electron chi connectivity index (χ1n) is 13.2. The van der Waals surface area contributed by atoms with Crippen LogP contribution in [-0.4, -0.2) is 28.7 Å². The van der Waals surface area contributed by atoms with Gasteiger partial charge in [0.1, 0.15) is 15.8 Å². The van der Waals surface area contributed by atoms with Gasteiger partial charge in [0.15, 0.2) is 0 Å². The zero-order chi connectivity index (χ0) is 27.6. The molecule has 198 valence electrons. The van der Waals surface area contributed by atoms with Gasteiger partial charge in [-0.25, -0.2) is 0 Å². The van der Waals surface area contributed by atoms with Crippen molar-refractivity contribution in [1.29, 1.82) is 0 Å². The standard InChI is InChI=1S/C33H24Cl2N2O3/c34-32-22-15-7-8-16-23(22)33(35,25-18-10-9-17-24(25)32)28-27(32)30(39)37(31(28)40)26(19-20-11-3-1-4-12-20)29(38)36-21-13-5-2-6-14-21/h1-18,26-28H,19H2,(H,36,38)/t26-,27-,28-,32?,33?/m0/s1. The quantitative estimate of drug-likeness (QED) is 0.244. The first-order valence-corrected chi connectivity index (χ1v) is 14.0. The normalized spacial score (nSPS) is 26.6. The Morgan fingerprint density at radius 2 is 1.07 bits per heavy atom. The fraction of sp³-hybridized carbons (Fsp3) is 0.182. The van der Waals surface area contributed by atoms with Crippen molar-refractivity contribution in [1.82, 2.24) is 4.90 Å². The third-order valence-corrected chi connectivity index (χ3v) is 9.83. The highest BCUT2D eigenvalue weighted by molar-refractivity contribution is 6.36. The Morgan fingerprint density at radius 3 is 1.52 bits per heavy atom. The summed E-state index contributed by atoms with van der Waals surface area (Å²) in [5.74, 6) is -3.35. The van der Waals surface area contributed by atoms with Gasteiger partial charge in [0.2, 0.25) is 17.7 Å². The second-order valence-electron chi connectivity index (χ2n) is 10.6. The Hall–Kier alpha value is -3.93. The molecule has 3 aliphatic carbocycles. The van der Waals surface area contributed by atoms with Crippen molar-refractivity contribution in [2.45, 2.75) is 22.2 Å². The molecular formula is C33H24Cl2N2O3. The smallest absolute Gasteiger partial charge is 0.248 e. The van der Waals surface area contributed by atoms with Crippen LogP contribution in [0, 0.1) is 11.8 Å². The highest BCUT2D eigenvalue weighted by atomic mass is 35.5. The molecule has 2 bridgehead atoms. The molecule has 0 radical (unpaired) electrons. The molecule has 4 aliphatic rings. The molecule has 0 saturated carbocycles. The summed E-state index contributed by atoms with van der Waals surface area (Å²) in [6.45, 7) is 0. The molecule has 1 N–H and O–H groups in total. The number of alkyl halides is 2. The number of nitrogens with one attached hydrogen (secondary N) is 1. The number of rotatable bonds is 5. The van der Waals surface area contributed by atoms with Gasteiger partial charge in [-0.3, -0.25) is 19.3 Å². The van der Waals surface area contributed by atoms with Crippen LogP contribution in [-0.2, 0) is 30.6 Å². The number of benzene rings is 4. The number of carbonyl (C=O) groups excluding carboxylic acids is 3. The molecule has 1 aliphatic heterocycles. The highest BCUT2D eigenvalue weighted by Crippen LogP contribution is 2.69. The molecule has 0 spiro atoms. The summed E-state index contributed by atoms with van der Waals surface area (Å²) in [6, 6.07) is 32.3. The van der Waals surface area contributed by atoms with Gasteiger partial charge in [-0.15, -0.1) is 23.2 Å². The summed E-state index contributed by atoms with van der Waals surface area (Å²) in [6.07, 6.45) is 0.154. The SMILES string of the molecule is O=C(Nc1ccccc1)[C@H](Cc1ccccc1)N1C(=O)[C@@H]2[C@@H](C1=O)C1(Cl)c3ccccc3C2(Cl)c2ccccc21. The summed E-state index contributed by atoms with van der Waals surface area (Å²) in [7, 11) is 0. The Balaban J connectivity index is 1.37. The van der Waals surface area contributed by atoms with Gasteiger partial charge in [0.05, 0.1) is 11.8 Å². The minimum absolute atomic E-state index is 0.154. The zero-order valence-corrected chi connectivity index (χ0v) is 22.8. The maximum atomic E-state index is 14.5. The minimum Gasteiger partial charge on any atom is -0.324 e. The number of carbonyl (C=O) groups is 3. The van der Waals surface area contributed by atoms with E-state index in [9.17, 15) is 14.4 Å². The van der Waals surface area contributed by atoms with Crippen LogP contribution in [0.1, 0.15) is 27.8 Å². The monoisotopic (exact) mass is 566 g/mol. The van der Waals surface area contributed by atoms with Gasteiger partial charge in [-0.05, 0) is 39.9 Å². The van der Waals surface area contributed by atoms with Crippen LogP contribution >= 0.6 is 23.2 Å². The van der Waals surface area contributed by atoms with Gasteiger partial charge < -0.3 is 5.32 Å². The topological polar surface area (TPSA) is 66.5 Å². The van der Waals surface area contributed by atoms with Crippen LogP contribution in [0.4, 0.5) is 5.69 Å². The van der Waals surface area contributed by atoms with Crippen molar-refractivity contribution in [3.63, 3.8) is 0 Å². The van der Waals surface area contributed by atoms with Gasteiger partial charge in [-0.2, -0.15) is 0 Å². The number of anilines is 1. The molecule has 3 atom stereocenters. The first-order chi connectivity index (χ1) is 19.4. The first kappa shape index (κ1) is 25.1. The molecule has 0 aromatic heterocycles. The predicted molar refractivity (Wildman–Crippen MR) is 154 cm³/mol. The molecule has 1 heterocycles. The number of hydrogen-bond donors (Lipinski definition) is 1.